The zero-order valence-corrected chi connectivity index (χ0v) is 69.1. The van der Waals surface area contributed by atoms with E-state index in [0.717, 1.165) is 74.5 Å². The lowest BCUT2D eigenvalue weighted by Gasteiger charge is -2.70. The number of aromatic nitrogens is 4. The van der Waals surface area contributed by atoms with Crippen LogP contribution in [0.1, 0.15) is 166 Å². The molecule has 12 aliphatic rings. The Morgan fingerprint density at radius 2 is 0.716 bits per heavy atom. The molecule has 0 spiro atoms. The van der Waals surface area contributed by atoms with Crippen LogP contribution in [-0.4, -0.2) is 138 Å². The average molecular weight is 1750 g/mol. The van der Waals surface area contributed by atoms with Gasteiger partial charge in [-0.1, -0.05) is 95.1 Å². The van der Waals surface area contributed by atoms with E-state index in [9.17, 15) is 51.5 Å². The molecule has 12 aliphatic carbocycles. The molecule has 4 aromatic heterocycles. The van der Waals surface area contributed by atoms with Gasteiger partial charge in [0.15, 0.2) is 31.4 Å². The molecule has 20 rings (SSSR count). The van der Waals surface area contributed by atoms with Crippen molar-refractivity contribution in [3.05, 3.63) is 219 Å². The fourth-order valence-corrected chi connectivity index (χ4v) is 18.2. The van der Waals surface area contributed by atoms with E-state index < -0.39 is 28.2 Å². The summed E-state index contributed by atoms with van der Waals surface area (Å²) in [5.74, 6) is -3.49. The van der Waals surface area contributed by atoms with E-state index in [-0.39, 0.29) is 122 Å². The number of aryl methyl sites for hydroxylation is 2. The second-order valence-electron chi connectivity index (χ2n) is 31.9. The van der Waals surface area contributed by atoms with Crippen LogP contribution in [0.15, 0.2) is 134 Å². The zero-order chi connectivity index (χ0) is 83.1. The molecule has 0 atom stereocenters. The number of thiazole rings is 1. The number of hydrogen-bond acceptors (Lipinski definition) is 17. The lowest BCUT2D eigenvalue weighted by Crippen LogP contribution is -2.84. The number of ether oxygens (including phenoxy) is 4. The first-order valence-electron chi connectivity index (χ1n) is 36.7. The summed E-state index contributed by atoms with van der Waals surface area (Å²) in [6.45, 7) is 8.06. The number of rotatable bonds is 26. The highest BCUT2D eigenvalue weighted by molar-refractivity contribution is 7.13. The Balaban J connectivity index is 0.000000135. The highest BCUT2D eigenvalue weighted by Crippen LogP contribution is 2.63. The second-order valence-corrected chi connectivity index (χ2v) is 35.8. The van der Waals surface area contributed by atoms with E-state index in [0.29, 0.717) is 120 Å². The molecule has 4 heterocycles. The quantitative estimate of drug-likeness (QED) is 0.0250. The van der Waals surface area contributed by atoms with Gasteiger partial charge in [-0.05, 0) is 181 Å². The van der Waals surface area contributed by atoms with Gasteiger partial charge in [0.05, 0.1) is 58.0 Å². The summed E-state index contributed by atoms with van der Waals surface area (Å²) in [5.41, 5.74) is 2.21. The smallest absolute Gasteiger partial charge is 0.296 e. The van der Waals surface area contributed by atoms with Crippen LogP contribution < -0.4 is 61.5 Å². The van der Waals surface area contributed by atoms with Gasteiger partial charge in [0.2, 0.25) is 0 Å². The van der Waals surface area contributed by atoms with E-state index in [1.807, 2.05) is 26.0 Å². The Hall–Kier alpha value is -9.26. The van der Waals surface area contributed by atoms with Crippen LogP contribution >= 0.6 is 92.5 Å². The zero-order valence-electron chi connectivity index (χ0n) is 63.0. The van der Waals surface area contributed by atoms with Gasteiger partial charge in [-0.15, -0.1) is 11.3 Å². The Labute approximate surface area is 703 Å². The molecule has 0 radical (unpaired) electrons. The standard InChI is InChI=1S/C22H23Cl2N3O3.C20H19Cl2N3O3.C20H19ClFN3O3.C19H17Cl2F2N3O3S/c1-13(2)18-6-3-14(8-25-18)20(29)27-22-10-21(11-22,12-22)26-19(28)9-30-15-4-5-16(23)17(24)7-15;2*1-12-4-13(7-23-6-12)18(27)25-20-9-19(10-20,11-20)24-17(26)8-28-14-2-3-15(21)16(22)5-14;1-17(22,23)16-24-5-13(30-16)15(28)26-19-7-18(8-19,9-19)25-14(27)6-29-10-2-3-11(20)12(21)4-10/h3-8,13H,9-12H2,1-2H3,(H,26,28)(H,27,29);2*2-7H,8-11H2,1H3,(H,24,26)(H,25,27);2-5H,6-9H2,1H3,(H,25,27)(H,26,28). The monoisotopic (exact) mass is 1740 g/mol. The maximum absolute atomic E-state index is 13.4. The van der Waals surface area contributed by atoms with E-state index >= 15 is 0 Å². The first-order chi connectivity index (χ1) is 54.7. The van der Waals surface area contributed by atoms with Gasteiger partial charge in [0, 0.05) is 112 Å². The Bertz CT molecular complexity index is 4980. The van der Waals surface area contributed by atoms with Gasteiger partial charge in [-0.2, -0.15) is 8.78 Å². The maximum atomic E-state index is 13.4. The lowest BCUT2D eigenvalue weighted by molar-refractivity contribution is -0.142. The third kappa shape index (κ3) is 19.6. The molecule has 0 unspecified atom stereocenters. The fraction of sp³-hybridized carbons (Fsp3) is 0.383. The minimum atomic E-state index is -3.08. The molecule has 8 aromatic rings. The summed E-state index contributed by atoms with van der Waals surface area (Å²) in [6.07, 6.45) is 17.5. The Morgan fingerprint density at radius 1 is 0.397 bits per heavy atom. The van der Waals surface area contributed by atoms with Gasteiger partial charge in [0.25, 0.3) is 53.2 Å². The van der Waals surface area contributed by atoms with Crippen molar-refractivity contribution in [1.29, 1.82) is 0 Å². The molecule has 0 aliphatic heterocycles. The van der Waals surface area contributed by atoms with Gasteiger partial charge in [0.1, 0.15) is 33.7 Å². The van der Waals surface area contributed by atoms with Gasteiger partial charge in [-0.3, -0.25) is 53.3 Å². The molecule has 8 bridgehead atoms. The van der Waals surface area contributed by atoms with Crippen molar-refractivity contribution in [2.45, 2.75) is 168 Å². The van der Waals surface area contributed by atoms with Crippen LogP contribution in [0.3, 0.4) is 0 Å². The number of nitrogens with zero attached hydrogens (tertiary/aromatic N) is 4. The molecule has 0 saturated heterocycles. The number of carbonyl (C=O) groups excluding carboxylic acids is 8. The second kappa shape index (κ2) is 33.3. The molecular weight excluding hydrogens is 1670 g/mol. The SMILES string of the molecule is CC(C)c1ccc(C(=O)NC23CC(NC(=O)COc4ccc(Cl)c(Cl)c4)(C2)C3)cn1.CC(F)(F)c1ncc(C(=O)NC23CC(NC(=O)COc4ccc(Cl)c(Cl)c4)(C2)C3)s1.Cc1cncc(C(=O)NC23CC(NC(=O)COc4ccc(Cl)c(Cl)c4)(C2)C3)c1.Cc1cncc(C(=O)NC23CC(NC(=O)COc4ccc(Cl)c(F)c4)(C2)C3)c1. The number of pyridine rings is 3. The van der Waals surface area contributed by atoms with E-state index in [2.05, 4.69) is 76.3 Å². The van der Waals surface area contributed by atoms with E-state index in [4.69, 9.17) is 100 Å². The first-order valence-corrected chi connectivity index (χ1v) is 40.2. The summed E-state index contributed by atoms with van der Waals surface area (Å²) >= 11 is 41.6. The van der Waals surface area contributed by atoms with Crippen molar-refractivity contribution in [3.63, 3.8) is 0 Å². The van der Waals surface area contributed by atoms with Crippen LogP contribution in [0.2, 0.25) is 35.2 Å². The maximum Gasteiger partial charge on any atom is 0.296 e. The minimum Gasteiger partial charge on any atom is -0.484 e. The summed E-state index contributed by atoms with van der Waals surface area (Å²) in [4.78, 5) is 115. The van der Waals surface area contributed by atoms with Crippen molar-refractivity contribution in [2.75, 3.05) is 26.4 Å². The van der Waals surface area contributed by atoms with Crippen LogP contribution in [0.4, 0.5) is 13.2 Å². The van der Waals surface area contributed by atoms with Crippen molar-refractivity contribution < 1.29 is 70.5 Å². The Kier molecular flexibility index (Phi) is 24.3. The topological polar surface area (TPSA) is 321 Å². The average Bonchev–Trinajstić information content (AvgIpc) is 0.718. The molecule has 610 valence electrons. The third-order valence-electron chi connectivity index (χ3n) is 21.3. The first kappa shape index (κ1) is 84.6. The number of halogens is 10. The minimum absolute atomic E-state index is 0.000502. The molecule has 8 amide bonds. The molecule has 8 N–H and O–H groups in total. The largest absolute Gasteiger partial charge is 0.484 e. The number of nitrogens with one attached hydrogen (secondary N) is 8. The van der Waals surface area contributed by atoms with Crippen LogP contribution in [0, 0.1) is 19.7 Å². The van der Waals surface area contributed by atoms with Crippen LogP contribution in [0.5, 0.6) is 23.0 Å². The lowest BCUT2D eigenvalue weighted by atomic mass is 9.44. The number of amides is 8. The molecule has 12 fully saturated rings. The van der Waals surface area contributed by atoms with Gasteiger partial charge < -0.3 is 61.5 Å². The predicted molar refractivity (Wildman–Crippen MR) is 430 cm³/mol. The molecule has 12 saturated carbocycles. The van der Waals surface area contributed by atoms with Crippen molar-refractivity contribution >= 4 is 140 Å². The number of hydrogen-bond donors (Lipinski definition) is 8. The van der Waals surface area contributed by atoms with E-state index in [1.54, 1.807) is 91.6 Å². The van der Waals surface area contributed by atoms with Crippen molar-refractivity contribution in [3.8, 4) is 23.0 Å². The molecule has 35 heteroatoms. The van der Waals surface area contributed by atoms with Crippen LogP contribution in [0.25, 0.3) is 0 Å². The molecular formula is C81H78Cl7F3N12O12S. The fourth-order valence-electron chi connectivity index (χ4n) is 16.5. The molecule has 4 aromatic carbocycles. The van der Waals surface area contributed by atoms with Crippen molar-refractivity contribution in [2.24, 2.45) is 0 Å². The van der Waals surface area contributed by atoms with Crippen LogP contribution in [-0.2, 0) is 25.1 Å². The summed E-state index contributed by atoms with van der Waals surface area (Å²) in [6, 6.07) is 25.8. The molecule has 116 heavy (non-hydrogen) atoms. The number of alkyl halides is 2. The van der Waals surface area contributed by atoms with Gasteiger partial charge in [-0.25, -0.2) is 9.37 Å². The Morgan fingerprint density at radius 3 is 1.01 bits per heavy atom. The van der Waals surface area contributed by atoms with Gasteiger partial charge >= 0.3 is 0 Å². The predicted octanol–water partition coefficient (Wildman–Crippen LogP) is 14.4. The van der Waals surface area contributed by atoms with E-state index in [1.165, 1.54) is 18.2 Å². The highest BCUT2D eigenvalue weighted by Gasteiger charge is 2.72. The molecule has 24 nitrogen and oxygen atoms in total. The summed E-state index contributed by atoms with van der Waals surface area (Å²) < 4.78 is 61.6. The normalized spacial score (nSPS) is 24.3. The summed E-state index contributed by atoms with van der Waals surface area (Å²) in [7, 11) is 0. The number of benzene rings is 4. The summed E-state index contributed by atoms with van der Waals surface area (Å²) in [5, 5.41) is 26.0. The number of carbonyl (C=O) groups is 8. The highest BCUT2D eigenvalue weighted by atomic mass is 35.5. The third-order valence-corrected chi connectivity index (χ3v) is 25.0. The van der Waals surface area contributed by atoms with Crippen molar-refractivity contribution in [1.82, 2.24) is 62.5 Å².